The van der Waals surface area contributed by atoms with Crippen molar-refractivity contribution in [2.45, 2.75) is 465 Å². The van der Waals surface area contributed by atoms with E-state index in [1.54, 1.807) is 0 Å². The number of carbonyl (C=O) groups is 4. The fourth-order valence-electron chi connectivity index (χ4n) is 13.2. The van der Waals surface area contributed by atoms with Crippen molar-refractivity contribution in [2.75, 3.05) is 39.6 Å². The minimum absolute atomic E-state index is 0.106. The number of unbranched alkanes of at least 4 members (excludes halogenated alkanes) is 50. The highest BCUT2D eigenvalue weighted by molar-refractivity contribution is 7.47. The van der Waals surface area contributed by atoms with Crippen LogP contribution in [-0.4, -0.2) is 96.7 Å². The summed E-state index contributed by atoms with van der Waals surface area (Å²) in [5, 5.41) is 10.7. The molecule has 6 atom stereocenters. The van der Waals surface area contributed by atoms with Crippen molar-refractivity contribution in [3.05, 3.63) is 0 Å². The highest BCUT2D eigenvalue weighted by Gasteiger charge is 2.30. The Morgan fingerprint density at radius 3 is 0.731 bits per heavy atom. The largest absolute Gasteiger partial charge is 0.472 e. The van der Waals surface area contributed by atoms with Gasteiger partial charge < -0.3 is 33.8 Å². The van der Waals surface area contributed by atoms with Gasteiger partial charge >= 0.3 is 39.5 Å². The topological polar surface area (TPSA) is 237 Å². The van der Waals surface area contributed by atoms with Crippen molar-refractivity contribution in [2.24, 2.45) is 17.8 Å². The average Bonchev–Trinajstić information content (AvgIpc) is 0.905. The van der Waals surface area contributed by atoms with Crippen molar-refractivity contribution in [1.29, 1.82) is 0 Å². The Morgan fingerprint density at radius 2 is 0.490 bits per heavy atom. The predicted molar refractivity (Wildman–Crippen MR) is 428 cm³/mol. The van der Waals surface area contributed by atoms with Gasteiger partial charge in [0.15, 0.2) is 12.2 Å². The first-order valence-corrected chi connectivity index (χ1v) is 46.9. The second kappa shape index (κ2) is 75.1. The van der Waals surface area contributed by atoms with Crippen molar-refractivity contribution < 1.29 is 80.2 Å². The summed E-state index contributed by atoms with van der Waals surface area (Å²) in [6, 6.07) is 0. The number of hydrogen-bond donors (Lipinski definition) is 3. The Bertz CT molecular complexity index is 2010. The molecule has 0 spiro atoms. The van der Waals surface area contributed by atoms with E-state index < -0.39 is 97.5 Å². The monoisotopic (exact) mass is 1520 g/mol. The van der Waals surface area contributed by atoms with Gasteiger partial charge in [0, 0.05) is 25.7 Å². The molecule has 0 saturated carbocycles. The highest BCUT2D eigenvalue weighted by atomic mass is 31.2. The molecule has 3 N–H and O–H groups in total. The lowest BCUT2D eigenvalue weighted by atomic mass is 9.99. The molecule has 0 heterocycles. The predicted octanol–water partition coefficient (Wildman–Crippen LogP) is 25.7. The van der Waals surface area contributed by atoms with Crippen LogP contribution in [0.4, 0.5) is 0 Å². The summed E-state index contributed by atoms with van der Waals surface area (Å²) in [7, 11) is -9.93. The SMILES string of the molecule is CCCCCCCCCCCCCCCCCCCCCCCC(=O)O[C@H](COC(=O)CCCCCCCCCCCCCCCCCC(C)C)COP(=O)(O)OC[C@@H](O)COP(=O)(O)OC[C@@H](COC(=O)CCCCCCCCCCC(C)CC)OC(=O)CCCCCCCCCCCCC(C)C. The van der Waals surface area contributed by atoms with Gasteiger partial charge in [0.25, 0.3) is 0 Å². The van der Waals surface area contributed by atoms with E-state index in [0.717, 1.165) is 108 Å². The molecule has 0 aliphatic carbocycles. The van der Waals surface area contributed by atoms with E-state index in [1.165, 1.54) is 257 Å². The number of phosphoric ester groups is 2. The summed E-state index contributed by atoms with van der Waals surface area (Å²) in [5.41, 5.74) is 0. The van der Waals surface area contributed by atoms with E-state index in [2.05, 4.69) is 48.5 Å². The van der Waals surface area contributed by atoms with Crippen molar-refractivity contribution >= 4 is 39.5 Å². The van der Waals surface area contributed by atoms with Gasteiger partial charge in [-0.15, -0.1) is 0 Å². The van der Waals surface area contributed by atoms with Crippen LogP contribution in [0.1, 0.15) is 447 Å². The van der Waals surface area contributed by atoms with Crippen LogP contribution in [0.3, 0.4) is 0 Å². The molecular formula is C85H166O17P2. The molecule has 0 fully saturated rings. The zero-order valence-corrected chi connectivity index (χ0v) is 70.3. The Morgan fingerprint density at radius 1 is 0.279 bits per heavy atom. The maximum absolute atomic E-state index is 13.1. The fraction of sp³-hybridized carbons (Fsp3) is 0.953. The first-order valence-electron chi connectivity index (χ1n) is 43.9. The summed E-state index contributed by atoms with van der Waals surface area (Å²) in [5.74, 6) is 0.229. The number of hydrogen-bond acceptors (Lipinski definition) is 15. The molecule has 0 saturated heterocycles. The van der Waals surface area contributed by atoms with Crippen molar-refractivity contribution in [3.63, 3.8) is 0 Å². The van der Waals surface area contributed by atoms with Gasteiger partial charge in [0.05, 0.1) is 26.4 Å². The van der Waals surface area contributed by atoms with E-state index in [4.69, 9.17) is 37.0 Å². The van der Waals surface area contributed by atoms with Gasteiger partial charge in [-0.05, 0) is 43.4 Å². The van der Waals surface area contributed by atoms with Crippen LogP contribution in [0.2, 0.25) is 0 Å². The smallest absolute Gasteiger partial charge is 0.462 e. The standard InChI is InChI=1S/C85H166O17P2/c1-8-10-11-12-13-14-15-16-17-18-19-20-21-22-25-29-32-38-47-54-61-68-84(89)101-80(72-95-82(87)66-59-52-45-37-31-28-26-23-24-27-30-35-42-49-56-63-76(3)4)74-99-103(91,92)97-70-79(86)71-98-104(93,94)100-75-81(73-96-83(88)67-60-53-46-41-40-44-51-58-65-78(7)9-2)102-85(90)69-62-55-48-39-34-33-36-43-50-57-64-77(5)6/h76-81,86H,8-75H2,1-7H3,(H,91,92)(H,93,94)/t78?,79-,80-,81-/m1/s1. The lowest BCUT2D eigenvalue weighted by Crippen LogP contribution is -2.30. The number of aliphatic hydroxyl groups excluding tert-OH is 1. The fourth-order valence-corrected chi connectivity index (χ4v) is 14.7. The molecule has 0 aromatic heterocycles. The van der Waals surface area contributed by atoms with Gasteiger partial charge in [-0.25, -0.2) is 9.13 Å². The normalized spacial score (nSPS) is 14.2. The van der Waals surface area contributed by atoms with Crippen LogP contribution in [-0.2, 0) is 65.4 Å². The van der Waals surface area contributed by atoms with Gasteiger partial charge in [0.1, 0.15) is 19.3 Å². The first kappa shape index (κ1) is 102. The quantitative estimate of drug-likeness (QED) is 0.0222. The molecule has 0 radical (unpaired) electrons. The van der Waals surface area contributed by atoms with Crippen LogP contribution in [0.5, 0.6) is 0 Å². The molecule has 0 aliphatic heterocycles. The summed E-state index contributed by atoms with van der Waals surface area (Å²) in [4.78, 5) is 73.2. The number of ether oxygens (including phenoxy) is 4. The third-order valence-corrected chi connectivity index (χ3v) is 22.1. The Kier molecular flexibility index (Phi) is 73.7. The second-order valence-corrected chi connectivity index (χ2v) is 34.7. The minimum atomic E-state index is -4.97. The first-order chi connectivity index (χ1) is 50.3. The lowest BCUT2D eigenvalue weighted by molar-refractivity contribution is -0.161. The number of esters is 4. The van der Waals surface area contributed by atoms with E-state index in [-0.39, 0.29) is 25.7 Å². The van der Waals surface area contributed by atoms with Gasteiger partial charge in [-0.1, -0.05) is 395 Å². The minimum Gasteiger partial charge on any atom is -0.462 e. The Balaban J connectivity index is 5.24. The van der Waals surface area contributed by atoms with E-state index >= 15 is 0 Å². The molecule has 0 bridgehead atoms. The Labute approximate surface area is 638 Å². The summed E-state index contributed by atoms with van der Waals surface area (Å²) < 4.78 is 68.9. The van der Waals surface area contributed by atoms with E-state index in [9.17, 15) is 43.2 Å². The number of aliphatic hydroxyl groups is 1. The number of phosphoric acid groups is 2. The molecular weight excluding hydrogens is 1350 g/mol. The van der Waals surface area contributed by atoms with E-state index in [1.807, 2.05) is 0 Å². The molecule has 17 nitrogen and oxygen atoms in total. The molecule has 618 valence electrons. The number of carbonyl (C=O) groups excluding carboxylic acids is 4. The van der Waals surface area contributed by atoms with Crippen molar-refractivity contribution in [3.8, 4) is 0 Å². The molecule has 0 aliphatic rings. The zero-order chi connectivity index (χ0) is 76.5. The average molecular weight is 1520 g/mol. The van der Waals surface area contributed by atoms with Crippen LogP contribution < -0.4 is 0 Å². The van der Waals surface area contributed by atoms with Crippen LogP contribution in [0.25, 0.3) is 0 Å². The molecule has 0 amide bonds. The Hall–Kier alpha value is -1.94. The molecule has 3 unspecified atom stereocenters. The maximum atomic E-state index is 13.1. The molecule has 104 heavy (non-hydrogen) atoms. The highest BCUT2D eigenvalue weighted by Crippen LogP contribution is 2.45. The maximum Gasteiger partial charge on any atom is 0.472 e. The van der Waals surface area contributed by atoms with E-state index in [0.29, 0.717) is 25.7 Å². The molecule has 0 rings (SSSR count). The third-order valence-electron chi connectivity index (χ3n) is 20.2. The summed E-state index contributed by atoms with van der Waals surface area (Å²) in [6.45, 7) is 12.0. The number of rotatable bonds is 83. The summed E-state index contributed by atoms with van der Waals surface area (Å²) >= 11 is 0. The van der Waals surface area contributed by atoms with Crippen LogP contribution in [0.15, 0.2) is 0 Å². The van der Waals surface area contributed by atoms with Crippen molar-refractivity contribution in [1.82, 2.24) is 0 Å². The molecule has 0 aromatic rings. The second-order valence-electron chi connectivity index (χ2n) is 31.8. The molecule has 0 aromatic carbocycles. The third kappa shape index (κ3) is 76.8. The van der Waals surface area contributed by atoms with Gasteiger partial charge in [0.2, 0.25) is 0 Å². The van der Waals surface area contributed by atoms with Crippen LogP contribution >= 0.6 is 15.6 Å². The van der Waals surface area contributed by atoms with Crippen LogP contribution in [0, 0.1) is 17.8 Å². The lowest BCUT2D eigenvalue weighted by Gasteiger charge is -2.21. The van der Waals surface area contributed by atoms with Gasteiger partial charge in [-0.3, -0.25) is 37.3 Å². The molecule has 19 heteroatoms. The zero-order valence-electron chi connectivity index (χ0n) is 68.5. The summed E-state index contributed by atoms with van der Waals surface area (Å²) in [6.07, 6.45) is 65.3. The van der Waals surface area contributed by atoms with Gasteiger partial charge in [-0.2, -0.15) is 0 Å².